The predicted molar refractivity (Wildman–Crippen MR) is 62.8 cm³/mol. The molecular formula is C13H17NO3. The summed E-state index contributed by atoms with van der Waals surface area (Å²) in [7, 11) is 0. The lowest BCUT2D eigenvalue weighted by Crippen LogP contribution is -2.43. The standard InChI is InChI=1S/C13H17NO3/c1-3-10-4-5-12(17-10)13(16)14-7-6-11(15)9(2)8-14/h4-5,9H,3,6-8H2,1-2H3. The Balaban J connectivity index is 2.07. The quantitative estimate of drug-likeness (QED) is 0.786. The number of Topliss-reactive ketones (excluding diaryl/α,β-unsaturated/α-hetero) is 1. The predicted octanol–water partition coefficient (Wildman–Crippen LogP) is 1.89. The average Bonchev–Trinajstić information content (AvgIpc) is 2.80. The molecule has 4 nitrogen and oxygen atoms in total. The van der Waals surface area contributed by atoms with Crippen LogP contribution in [0.3, 0.4) is 0 Å². The van der Waals surface area contributed by atoms with E-state index in [-0.39, 0.29) is 17.6 Å². The Kier molecular flexibility index (Phi) is 3.31. The number of nitrogens with zero attached hydrogens (tertiary/aromatic N) is 1. The van der Waals surface area contributed by atoms with Crippen molar-refractivity contribution in [3.8, 4) is 0 Å². The Bertz CT molecular complexity index is 436. The molecule has 0 spiro atoms. The Labute approximate surface area is 101 Å². The first-order chi connectivity index (χ1) is 8.11. The highest BCUT2D eigenvalue weighted by atomic mass is 16.4. The van der Waals surface area contributed by atoms with Gasteiger partial charge in [-0.2, -0.15) is 0 Å². The molecule has 0 aromatic carbocycles. The van der Waals surface area contributed by atoms with Crippen molar-refractivity contribution in [2.75, 3.05) is 13.1 Å². The molecule has 1 atom stereocenters. The summed E-state index contributed by atoms with van der Waals surface area (Å²) >= 11 is 0. The van der Waals surface area contributed by atoms with Gasteiger partial charge in [0.25, 0.3) is 5.91 Å². The molecule has 2 heterocycles. The van der Waals surface area contributed by atoms with E-state index in [1.807, 2.05) is 19.9 Å². The van der Waals surface area contributed by atoms with Crippen molar-refractivity contribution in [3.63, 3.8) is 0 Å². The van der Waals surface area contributed by atoms with Gasteiger partial charge in [0.05, 0.1) is 0 Å². The van der Waals surface area contributed by atoms with E-state index >= 15 is 0 Å². The van der Waals surface area contributed by atoms with Crippen LogP contribution < -0.4 is 0 Å². The molecule has 0 bridgehead atoms. The van der Waals surface area contributed by atoms with Gasteiger partial charge in [0, 0.05) is 31.8 Å². The monoisotopic (exact) mass is 235 g/mol. The minimum absolute atomic E-state index is 0.0618. The van der Waals surface area contributed by atoms with E-state index in [1.54, 1.807) is 11.0 Å². The number of hydrogen-bond donors (Lipinski definition) is 0. The van der Waals surface area contributed by atoms with Crippen molar-refractivity contribution in [1.29, 1.82) is 0 Å². The lowest BCUT2D eigenvalue weighted by atomic mass is 9.98. The fourth-order valence-electron chi connectivity index (χ4n) is 2.04. The molecule has 0 radical (unpaired) electrons. The maximum Gasteiger partial charge on any atom is 0.289 e. The normalized spacial score (nSPS) is 20.7. The molecule has 2 rings (SSSR count). The van der Waals surface area contributed by atoms with Crippen LogP contribution in [0.5, 0.6) is 0 Å². The summed E-state index contributed by atoms with van der Waals surface area (Å²) < 4.78 is 5.43. The Morgan fingerprint density at radius 2 is 2.29 bits per heavy atom. The van der Waals surface area contributed by atoms with Crippen LogP contribution in [-0.2, 0) is 11.2 Å². The molecule has 4 heteroatoms. The number of piperidine rings is 1. The molecule has 0 saturated carbocycles. The third-order valence-corrected chi connectivity index (χ3v) is 3.18. The third-order valence-electron chi connectivity index (χ3n) is 3.18. The molecule has 1 aromatic rings. The zero-order chi connectivity index (χ0) is 12.4. The lowest BCUT2D eigenvalue weighted by Gasteiger charge is -2.29. The maximum atomic E-state index is 12.1. The molecule has 1 aromatic heterocycles. The molecule has 17 heavy (non-hydrogen) atoms. The van der Waals surface area contributed by atoms with Crippen LogP contribution in [0.1, 0.15) is 36.6 Å². The van der Waals surface area contributed by atoms with Gasteiger partial charge in [0.2, 0.25) is 0 Å². The van der Waals surface area contributed by atoms with Crippen molar-refractivity contribution in [2.24, 2.45) is 5.92 Å². The second-order valence-corrected chi connectivity index (χ2v) is 4.49. The molecule has 0 N–H and O–H groups in total. The van der Waals surface area contributed by atoms with Crippen molar-refractivity contribution < 1.29 is 14.0 Å². The number of ketones is 1. The van der Waals surface area contributed by atoms with Crippen LogP contribution in [0.4, 0.5) is 0 Å². The van der Waals surface area contributed by atoms with Gasteiger partial charge in [0.1, 0.15) is 11.5 Å². The van der Waals surface area contributed by atoms with Crippen molar-refractivity contribution in [3.05, 3.63) is 23.7 Å². The molecule has 1 fully saturated rings. The van der Waals surface area contributed by atoms with Gasteiger partial charge in [-0.15, -0.1) is 0 Å². The summed E-state index contributed by atoms with van der Waals surface area (Å²) in [6.45, 7) is 4.85. The number of carbonyl (C=O) groups is 2. The zero-order valence-electron chi connectivity index (χ0n) is 10.2. The van der Waals surface area contributed by atoms with Gasteiger partial charge in [0.15, 0.2) is 5.76 Å². The van der Waals surface area contributed by atoms with E-state index in [0.29, 0.717) is 25.3 Å². The highest BCUT2D eigenvalue weighted by Crippen LogP contribution is 2.17. The van der Waals surface area contributed by atoms with E-state index in [0.717, 1.165) is 12.2 Å². The SMILES string of the molecule is CCc1ccc(C(=O)N2CCC(=O)C(C)C2)o1. The molecule has 92 valence electrons. The number of carbonyl (C=O) groups excluding carboxylic acids is 2. The first-order valence-corrected chi connectivity index (χ1v) is 6.02. The van der Waals surface area contributed by atoms with Crippen LogP contribution in [0, 0.1) is 5.92 Å². The number of amides is 1. The van der Waals surface area contributed by atoms with Crippen LogP contribution in [-0.4, -0.2) is 29.7 Å². The molecule has 1 aliphatic heterocycles. The fraction of sp³-hybridized carbons (Fsp3) is 0.538. The number of likely N-dealkylation sites (tertiary alicyclic amines) is 1. The summed E-state index contributed by atoms with van der Waals surface area (Å²) in [6.07, 6.45) is 1.23. The van der Waals surface area contributed by atoms with Crippen LogP contribution in [0.25, 0.3) is 0 Å². The smallest absolute Gasteiger partial charge is 0.289 e. The largest absolute Gasteiger partial charge is 0.456 e. The molecule has 1 saturated heterocycles. The number of rotatable bonds is 2. The van der Waals surface area contributed by atoms with Gasteiger partial charge in [-0.1, -0.05) is 13.8 Å². The Morgan fingerprint density at radius 1 is 1.53 bits per heavy atom. The molecular weight excluding hydrogens is 218 g/mol. The second-order valence-electron chi connectivity index (χ2n) is 4.49. The molecule has 1 unspecified atom stereocenters. The van der Waals surface area contributed by atoms with E-state index in [1.165, 1.54) is 0 Å². The summed E-state index contributed by atoms with van der Waals surface area (Å²) in [4.78, 5) is 25.2. The summed E-state index contributed by atoms with van der Waals surface area (Å²) in [5, 5.41) is 0. The topological polar surface area (TPSA) is 50.5 Å². The van der Waals surface area contributed by atoms with Gasteiger partial charge >= 0.3 is 0 Å². The number of hydrogen-bond acceptors (Lipinski definition) is 3. The van der Waals surface area contributed by atoms with Gasteiger partial charge in [-0.25, -0.2) is 0 Å². The van der Waals surface area contributed by atoms with E-state index in [4.69, 9.17) is 4.42 Å². The lowest BCUT2D eigenvalue weighted by molar-refractivity contribution is -0.124. The van der Waals surface area contributed by atoms with E-state index in [2.05, 4.69) is 0 Å². The van der Waals surface area contributed by atoms with Crippen molar-refractivity contribution in [2.45, 2.75) is 26.7 Å². The summed E-state index contributed by atoms with van der Waals surface area (Å²) in [5.74, 6) is 1.26. The minimum Gasteiger partial charge on any atom is -0.456 e. The maximum absolute atomic E-state index is 12.1. The average molecular weight is 235 g/mol. The Morgan fingerprint density at radius 3 is 2.88 bits per heavy atom. The van der Waals surface area contributed by atoms with E-state index < -0.39 is 0 Å². The minimum atomic E-state index is -0.107. The third kappa shape index (κ3) is 2.40. The van der Waals surface area contributed by atoms with Crippen molar-refractivity contribution >= 4 is 11.7 Å². The molecule has 1 amide bonds. The van der Waals surface area contributed by atoms with Gasteiger partial charge in [-0.05, 0) is 12.1 Å². The second kappa shape index (κ2) is 4.73. The summed E-state index contributed by atoms with van der Waals surface area (Å²) in [5.41, 5.74) is 0. The number of aryl methyl sites for hydroxylation is 1. The Hall–Kier alpha value is -1.58. The first kappa shape index (κ1) is 11.9. The highest BCUT2D eigenvalue weighted by Gasteiger charge is 2.28. The molecule has 1 aliphatic rings. The zero-order valence-corrected chi connectivity index (χ0v) is 10.2. The number of furan rings is 1. The van der Waals surface area contributed by atoms with Crippen molar-refractivity contribution in [1.82, 2.24) is 4.90 Å². The van der Waals surface area contributed by atoms with Crippen LogP contribution in [0.2, 0.25) is 0 Å². The van der Waals surface area contributed by atoms with Gasteiger partial charge < -0.3 is 9.32 Å². The fourth-order valence-corrected chi connectivity index (χ4v) is 2.04. The molecule has 0 aliphatic carbocycles. The van der Waals surface area contributed by atoms with E-state index in [9.17, 15) is 9.59 Å². The van der Waals surface area contributed by atoms with Crippen LogP contribution in [0.15, 0.2) is 16.5 Å². The van der Waals surface area contributed by atoms with Gasteiger partial charge in [-0.3, -0.25) is 9.59 Å². The highest BCUT2D eigenvalue weighted by molar-refractivity contribution is 5.93. The van der Waals surface area contributed by atoms with Crippen LogP contribution >= 0.6 is 0 Å². The first-order valence-electron chi connectivity index (χ1n) is 6.02. The summed E-state index contributed by atoms with van der Waals surface area (Å²) in [6, 6.07) is 3.54.